The average molecular weight is 262 g/mol. The zero-order valence-corrected chi connectivity index (χ0v) is 11.2. The van der Waals surface area contributed by atoms with Gasteiger partial charge in [0, 0.05) is 30.0 Å². The van der Waals surface area contributed by atoms with E-state index in [0.29, 0.717) is 0 Å². The Morgan fingerprint density at radius 1 is 1.10 bits per heavy atom. The van der Waals surface area contributed by atoms with Gasteiger partial charge in [0.15, 0.2) is 0 Å². The molecule has 0 aliphatic carbocycles. The van der Waals surface area contributed by atoms with Crippen LogP contribution in [-0.4, -0.2) is 21.5 Å². The first-order valence-corrected chi connectivity index (χ1v) is 6.77. The van der Waals surface area contributed by atoms with Gasteiger partial charge in [-0.25, -0.2) is 9.97 Å². The van der Waals surface area contributed by atoms with E-state index in [1.165, 1.54) is 11.3 Å². The number of fused-ring (bicyclic) bond motifs is 2. The average Bonchev–Trinajstić information content (AvgIpc) is 2.90. The Morgan fingerprint density at radius 3 is 2.95 bits per heavy atom. The third-order valence-corrected chi connectivity index (χ3v) is 3.72. The van der Waals surface area contributed by atoms with Crippen LogP contribution in [0.25, 0.3) is 10.9 Å². The summed E-state index contributed by atoms with van der Waals surface area (Å²) in [5.41, 5.74) is 3.49. The predicted octanol–water partition coefficient (Wildman–Crippen LogP) is 3.03. The Bertz CT molecular complexity index is 797. The van der Waals surface area contributed by atoms with Gasteiger partial charge in [-0.2, -0.15) is 0 Å². The van der Waals surface area contributed by atoms with Crippen LogP contribution in [0.1, 0.15) is 11.4 Å². The molecular weight excluding hydrogens is 248 g/mol. The van der Waals surface area contributed by atoms with Gasteiger partial charge in [0.05, 0.1) is 5.52 Å². The molecule has 0 bridgehead atoms. The van der Waals surface area contributed by atoms with E-state index in [0.717, 1.165) is 35.5 Å². The topological polar surface area (TPSA) is 41.9 Å². The molecule has 0 saturated carbocycles. The Balaban J connectivity index is 1.96. The summed E-state index contributed by atoms with van der Waals surface area (Å²) in [4.78, 5) is 15.7. The number of nitrogens with zero attached hydrogens (tertiary/aromatic N) is 4. The fourth-order valence-corrected chi connectivity index (χ4v) is 2.83. The van der Waals surface area contributed by atoms with Crippen LogP contribution < -0.4 is 4.90 Å². The molecule has 3 aromatic rings. The molecule has 0 N–H and O–H groups in total. The summed E-state index contributed by atoms with van der Waals surface area (Å²) in [6.07, 6.45) is 4.81. The lowest BCUT2D eigenvalue weighted by molar-refractivity contribution is 0.959. The van der Waals surface area contributed by atoms with Crippen molar-refractivity contribution in [1.29, 1.82) is 0 Å². The number of hydrogen-bond donors (Lipinski definition) is 0. The van der Waals surface area contributed by atoms with Gasteiger partial charge in [0.1, 0.15) is 11.6 Å². The molecule has 20 heavy (non-hydrogen) atoms. The number of pyridine rings is 1. The monoisotopic (exact) mass is 262 g/mol. The molecule has 4 rings (SSSR count). The fraction of sp³-hybridized carbons (Fsp3) is 0.188. The highest BCUT2D eigenvalue weighted by Crippen LogP contribution is 2.35. The minimum absolute atomic E-state index is 0.807. The Labute approximate surface area is 117 Å². The molecular formula is C16H14N4. The number of anilines is 2. The number of benzene rings is 1. The van der Waals surface area contributed by atoms with E-state index in [2.05, 4.69) is 32.0 Å². The van der Waals surface area contributed by atoms with Gasteiger partial charge in [-0.05, 0) is 37.1 Å². The van der Waals surface area contributed by atoms with E-state index in [9.17, 15) is 0 Å². The van der Waals surface area contributed by atoms with Crippen molar-refractivity contribution >= 4 is 22.4 Å². The minimum Gasteiger partial charge on any atom is -0.325 e. The van der Waals surface area contributed by atoms with E-state index < -0.39 is 0 Å². The smallest absolute Gasteiger partial charge is 0.144 e. The maximum atomic E-state index is 4.68. The molecule has 98 valence electrons. The van der Waals surface area contributed by atoms with Gasteiger partial charge in [-0.3, -0.25) is 4.98 Å². The second-order valence-electron chi connectivity index (χ2n) is 5.02. The molecule has 1 aliphatic heterocycles. The van der Waals surface area contributed by atoms with Crippen molar-refractivity contribution in [3.63, 3.8) is 0 Å². The Hall–Kier alpha value is -2.49. The lowest BCUT2D eigenvalue weighted by atomic mass is 10.2. The summed E-state index contributed by atoms with van der Waals surface area (Å²) in [6, 6.07) is 10.2. The maximum absolute atomic E-state index is 4.68. The van der Waals surface area contributed by atoms with Crippen LogP contribution >= 0.6 is 0 Å². The van der Waals surface area contributed by atoms with E-state index in [-0.39, 0.29) is 0 Å². The first-order chi connectivity index (χ1) is 9.83. The summed E-state index contributed by atoms with van der Waals surface area (Å²) < 4.78 is 0. The largest absolute Gasteiger partial charge is 0.325 e. The van der Waals surface area contributed by atoms with Crippen molar-refractivity contribution in [2.45, 2.75) is 13.3 Å². The quantitative estimate of drug-likeness (QED) is 0.676. The predicted molar refractivity (Wildman–Crippen MR) is 79.2 cm³/mol. The number of hydrogen-bond acceptors (Lipinski definition) is 4. The second-order valence-corrected chi connectivity index (χ2v) is 5.02. The number of para-hydroxylation sites is 1. The lowest BCUT2D eigenvalue weighted by Gasteiger charge is -2.20. The highest BCUT2D eigenvalue weighted by molar-refractivity contribution is 5.92. The minimum atomic E-state index is 0.807. The Kier molecular flexibility index (Phi) is 2.42. The van der Waals surface area contributed by atoms with E-state index >= 15 is 0 Å². The molecule has 2 aromatic heterocycles. The molecule has 0 fully saturated rings. The van der Waals surface area contributed by atoms with Gasteiger partial charge < -0.3 is 4.90 Å². The molecule has 0 radical (unpaired) electrons. The van der Waals surface area contributed by atoms with Gasteiger partial charge in [0.25, 0.3) is 0 Å². The van der Waals surface area contributed by atoms with E-state index in [4.69, 9.17) is 0 Å². The van der Waals surface area contributed by atoms with Crippen molar-refractivity contribution < 1.29 is 0 Å². The first kappa shape index (κ1) is 11.3. The van der Waals surface area contributed by atoms with Crippen LogP contribution in [0, 0.1) is 6.92 Å². The molecule has 1 aromatic carbocycles. The molecule has 1 aliphatic rings. The molecule has 0 unspecified atom stereocenters. The molecule has 4 nitrogen and oxygen atoms in total. The van der Waals surface area contributed by atoms with Gasteiger partial charge in [-0.15, -0.1) is 0 Å². The second kappa shape index (κ2) is 4.27. The zero-order valence-electron chi connectivity index (χ0n) is 11.2. The van der Waals surface area contributed by atoms with Crippen molar-refractivity contribution in [2.75, 3.05) is 11.4 Å². The number of aromatic nitrogens is 3. The third-order valence-electron chi connectivity index (χ3n) is 3.72. The highest BCUT2D eigenvalue weighted by Gasteiger charge is 2.23. The van der Waals surface area contributed by atoms with Crippen molar-refractivity contribution in [3.8, 4) is 0 Å². The molecule has 4 heteroatoms. The molecule has 0 amide bonds. The van der Waals surface area contributed by atoms with Crippen LogP contribution in [0.3, 0.4) is 0 Å². The summed E-state index contributed by atoms with van der Waals surface area (Å²) in [6.45, 7) is 2.89. The lowest BCUT2D eigenvalue weighted by Crippen LogP contribution is -2.16. The molecule has 0 spiro atoms. The molecule has 3 heterocycles. The van der Waals surface area contributed by atoms with Crippen molar-refractivity contribution in [3.05, 3.63) is 54.1 Å². The summed E-state index contributed by atoms with van der Waals surface area (Å²) >= 11 is 0. The highest BCUT2D eigenvalue weighted by atomic mass is 15.2. The summed E-state index contributed by atoms with van der Waals surface area (Å²) in [5, 5.41) is 1.10. The molecule has 0 atom stereocenters. The normalized spacial score (nSPS) is 13.8. The maximum Gasteiger partial charge on any atom is 0.144 e. The van der Waals surface area contributed by atoms with Crippen LogP contribution in [-0.2, 0) is 6.42 Å². The number of rotatable bonds is 1. The summed E-state index contributed by atoms with van der Waals surface area (Å²) in [7, 11) is 0. The van der Waals surface area contributed by atoms with Crippen LogP contribution in [0.4, 0.5) is 11.5 Å². The SMILES string of the molecule is Cc1nc(N2CCc3cnccc32)c2ccccc2n1. The Morgan fingerprint density at radius 2 is 2.00 bits per heavy atom. The van der Waals surface area contributed by atoms with Gasteiger partial charge in [-0.1, -0.05) is 12.1 Å². The van der Waals surface area contributed by atoms with Crippen LogP contribution in [0.15, 0.2) is 42.7 Å². The third kappa shape index (κ3) is 1.65. The van der Waals surface area contributed by atoms with Crippen LogP contribution in [0.5, 0.6) is 0 Å². The fourth-order valence-electron chi connectivity index (χ4n) is 2.83. The van der Waals surface area contributed by atoms with Crippen molar-refractivity contribution in [1.82, 2.24) is 15.0 Å². The number of aryl methyl sites for hydroxylation is 1. The van der Waals surface area contributed by atoms with Crippen LogP contribution in [0.2, 0.25) is 0 Å². The van der Waals surface area contributed by atoms with E-state index in [1.54, 1.807) is 0 Å². The summed E-state index contributed by atoms with van der Waals surface area (Å²) in [5.74, 6) is 1.80. The van der Waals surface area contributed by atoms with Gasteiger partial charge >= 0.3 is 0 Å². The van der Waals surface area contributed by atoms with Crippen molar-refractivity contribution in [2.24, 2.45) is 0 Å². The first-order valence-electron chi connectivity index (χ1n) is 6.77. The van der Waals surface area contributed by atoms with Gasteiger partial charge in [0.2, 0.25) is 0 Å². The zero-order chi connectivity index (χ0) is 13.5. The molecule has 0 saturated heterocycles. The standard InChI is InChI=1S/C16H14N4/c1-11-18-14-5-3-2-4-13(14)16(19-11)20-9-7-12-10-17-8-6-15(12)20/h2-6,8,10H,7,9H2,1H3. The van der Waals surface area contributed by atoms with E-state index in [1.807, 2.05) is 37.5 Å².